The molecule has 1 N–H and O–H groups in total. The third kappa shape index (κ3) is 5.35. The molecule has 1 rings (SSSR count). The highest BCUT2D eigenvalue weighted by molar-refractivity contribution is 7.86. The van der Waals surface area contributed by atoms with Crippen LogP contribution < -0.4 is 5.32 Å². The predicted molar refractivity (Wildman–Crippen MR) is 80.0 cm³/mol. The Morgan fingerprint density at radius 3 is 2.48 bits per heavy atom. The first-order valence-electron chi connectivity index (χ1n) is 6.38. The van der Waals surface area contributed by atoms with Gasteiger partial charge in [-0.05, 0) is 26.8 Å². The van der Waals surface area contributed by atoms with Crippen LogP contribution >= 0.6 is 0 Å². The zero-order valence-corrected chi connectivity index (χ0v) is 13.4. The normalized spacial score (nSPS) is 25.4. The summed E-state index contributed by atoms with van der Waals surface area (Å²) in [5, 5.41) is 2.47. The second kappa shape index (κ2) is 6.03. The number of nitrogens with one attached hydrogen (secondary N) is 1. The van der Waals surface area contributed by atoms with E-state index >= 15 is 0 Å². The van der Waals surface area contributed by atoms with Crippen LogP contribution in [0.3, 0.4) is 0 Å². The van der Waals surface area contributed by atoms with E-state index in [0.717, 1.165) is 6.26 Å². The summed E-state index contributed by atoms with van der Waals surface area (Å²) in [6.07, 6.45) is 8.05. The van der Waals surface area contributed by atoms with Crippen molar-refractivity contribution in [3.63, 3.8) is 0 Å². The molecule has 0 saturated carbocycles. The van der Waals surface area contributed by atoms with Gasteiger partial charge in [-0.3, -0.25) is 5.32 Å². The lowest BCUT2D eigenvalue weighted by atomic mass is 9.91. The van der Waals surface area contributed by atoms with Gasteiger partial charge in [-0.2, -0.15) is 8.42 Å². The molecule has 1 aliphatic rings. The zero-order chi connectivity index (χ0) is 16.3. The number of carbonyl (C=O) groups excluding carboxylic acids is 1. The minimum atomic E-state index is -3.82. The molecule has 2 atom stereocenters. The molecule has 0 aromatic carbocycles. The summed E-state index contributed by atoms with van der Waals surface area (Å²) in [4.78, 5) is 12.0. The van der Waals surface area contributed by atoms with Gasteiger partial charge in [-0.1, -0.05) is 24.3 Å². The molecule has 6 nitrogen and oxygen atoms in total. The Bertz CT molecular complexity index is 571. The largest absolute Gasteiger partial charge is 0.444 e. The Morgan fingerprint density at radius 2 is 2.00 bits per heavy atom. The summed E-state index contributed by atoms with van der Waals surface area (Å²) >= 11 is 0. The van der Waals surface area contributed by atoms with Crippen molar-refractivity contribution in [1.82, 2.24) is 5.32 Å². The van der Waals surface area contributed by atoms with Gasteiger partial charge in [-0.15, -0.1) is 6.58 Å². The van der Waals surface area contributed by atoms with Crippen molar-refractivity contribution in [1.29, 1.82) is 0 Å². The average Bonchev–Trinajstić information content (AvgIpc) is 2.23. The van der Waals surface area contributed by atoms with E-state index in [0.29, 0.717) is 0 Å². The number of hydrogen-bond donors (Lipinski definition) is 1. The van der Waals surface area contributed by atoms with Gasteiger partial charge < -0.3 is 4.74 Å². The summed E-state index contributed by atoms with van der Waals surface area (Å²) in [5.74, 6) is -0.551. The smallest absolute Gasteiger partial charge is 0.410 e. The Morgan fingerprint density at radius 1 is 1.38 bits per heavy atom. The summed E-state index contributed by atoms with van der Waals surface area (Å²) in [6, 6.07) is 0. The number of carbonyl (C=O) groups is 1. The zero-order valence-electron chi connectivity index (χ0n) is 12.6. The van der Waals surface area contributed by atoms with Gasteiger partial charge >= 0.3 is 6.09 Å². The third-order valence-corrected chi connectivity index (χ3v) is 3.09. The molecule has 1 amide bonds. The van der Waals surface area contributed by atoms with E-state index in [1.807, 2.05) is 0 Å². The first kappa shape index (κ1) is 17.5. The lowest BCUT2D eigenvalue weighted by molar-refractivity contribution is 0.0165. The van der Waals surface area contributed by atoms with Crippen LogP contribution in [0.25, 0.3) is 0 Å². The minimum Gasteiger partial charge on any atom is -0.444 e. The minimum absolute atomic E-state index is 0.551. The molecule has 21 heavy (non-hydrogen) atoms. The van der Waals surface area contributed by atoms with Crippen LogP contribution in [0, 0.1) is 5.92 Å². The highest BCUT2D eigenvalue weighted by Gasteiger charge is 2.42. The van der Waals surface area contributed by atoms with Crippen molar-refractivity contribution in [2.75, 3.05) is 6.26 Å². The first-order valence-corrected chi connectivity index (χ1v) is 8.19. The number of allylic oxidation sites excluding steroid dienone is 2. The monoisotopic (exact) mass is 315 g/mol. The SMILES string of the molecule is C=C[C@@H]1C=CC=CC1(NC(=O)OC(C)(C)C)OS(C)(=O)=O. The van der Waals surface area contributed by atoms with E-state index < -0.39 is 33.5 Å². The fourth-order valence-corrected chi connectivity index (χ4v) is 2.54. The molecular weight excluding hydrogens is 294 g/mol. The maximum Gasteiger partial charge on any atom is 0.410 e. The number of alkyl carbamates (subject to hydrolysis) is 1. The molecule has 118 valence electrons. The molecule has 7 heteroatoms. The van der Waals surface area contributed by atoms with E-state index in [1.165, 1.54) is 12.2 Å². The maximum atomic E-state index is 12.0. The molecule has 0 heterocycles. The third-order valence-electron chi connectivity index (χ3n) is 2.51. The van der Waals surface area contributed by atoms with Gasteiger partial charge in [0.1, 0.15) is 5.60 Å². The van der Waals surface area contributed by atoms with Crippen molar-refractivity contribution >= 4 is 16.2 Å². The van der Waals surface area contributed by atoms with E-state index in [9.17, 15) is 13.2 Å². The van der Waals surface area contributed by atoms with Crippen LogP contribution in [0.2, 0.25) is 0 Å². The van der Waals surface area contributed by atoms with Crippen molar-refractivity contribution in [3.05, 3.63) is 37.0 Å². The molecule has 0 saturated heterocycles. The molecule has 0 radical (unpaired) electrons. The van der Waals surface area contributed by atoms with Crippen molar-refractivity contribution in [2.45, 2.75) is 32.1 Å². The standard InChI is InChI=1S/C14H21NO5S/c1-6-11-9-7-8-10-14(11,20-21(5,17)18)15-12(16)19-13(2,3)4/h6-11H,1H2,2-5H3,(H,15,16)/t11-,14?/m1/s1. The van der Waals surface area contributed by atoms with Crippen molar-refractivity contribution in [2.24, 2.45) is 5.92 Å². The molecule has 0 aliphatic heterocycles. The van der Waals surface area contributed by atoms with E-state index in [-0.39, 0.29) is 0 Å². The van der Waals surface area contributed by atoms with Gasteiger partial charge in [0, 0.05) is 5.92 Å². The lowest BCUT2D eigenvalue weighted by Gasteiger charge is -2.36. The second-order valence-corrected chi connectivity index (χ2v) is 7.29. The molecule has 0 aromatic rings. The summed E-state index contributed by atoms with van der Waals surface area (Å²) < 4.78 is 33.3. The Kier molecular flexibility index (Phi) is 5.01. The van der Waals surface area contributed by atoms with Crippen molar-refractivity contribution in [3.8, 4) is 0 Å². The van der Waals surface area contributed by atoms with E-state index in [4.69, 9.17) is 8.92 Å². The molecule has 0 bridgehead atoms. The quantitative estimate of drug-likeness (QED) is 0.488. The summed E-state index contributed by atoms with van der Waals surface area (Å²) in [7, 11) is -3.82. The Hall–Kier alpha value is -1.60. The number of ether oxygens (including phenoxy) is 1. The molecule has 1 unspecified atom stereocenters. The van der Waals surface area contributed by atoms with Crippen LogP contribution in [-0.4, -0.2) is 32.1 Å². The Balaban J connectivity index is 3.09. The van der Waals surface area contributed by atoms with Crippen LogP contribution in [0.1, 0.15) is 20.8 Å². The maximum absolute atomic E-state index is 12.0. The fraction of sp³-hybridized carbons (Fsp3) is 0.500. The van der Waals surface area contributed by atoms with Crippen LogP contribution in [-0.2, 0) is 19.0 Å². The topological polar surface area (TPSA) is 81.7 Å². The van der Waals surface area contributed by atoms with Gasteiger partial charge in [-0.25, -0.2) is 8.98 Å². The first-order chi connectivity index (χ1) is 9.47. The molecular formula is C14H21NO5S. The number of amides is 1. The summed E-state index contributed by atoms with van der Waals surface area (Å²) in [6.45, 7) is 8.76. The van der Waals surface area contributed by atoms with Crippen molar-refractivity contribution < 1.29 is 22.1 Å². The Labute approximate surface area is 125 Å². The lowest BCUT2D eigenvalue weighted by Crippen LogP contribution is -2.56. The molecule has 0 spiro atoms. The number of rotatable bonds is 4. The van der Waals surface area contributed by atoms with Gasteiger partial charge in [0.05, 0.1) is 6.26 Å². The van der Waals surface area contributed by atoms with Crippen LogP contribution in [0.15, 0.2) is 37.0 Å². The van der Waals surface area contributed by atoms with Gasteiger partial charge in [0.25, 0.3) is 10.1 Å². The molecule has 0 fully saturated rings. The molecule has 0 aromatic heterocycles. The molecule has 1 aliphatic carbocycles. The van der Waals surface area contributed by atoms with Crippen LogP contribution in [0.5, 0.6) is 0 Å². The van der Waals surface area contributed by atoms with E-state index in [2.05, 4.69) is 11.9 Å². The highest BCUT2D eigenvalue weighted by Crippen LogP contribution is 2.29. The van der Waals surface area contributed by atoms with Gasteiger partial charge in [0.2, 0.25) is 0 Å². The van der Waals surface area contributed by atoms with Gasteiger partial charge in [0.15, 0.2) is 5.72 Å². The van der Waals surface area contributed by atoms with Crippen LogP contribution in [0.4, 0.5) is 4.79 Å². The van der Waals surface area contributed by atoms with E-state index in [1.54, 1.807) is 39.0 Å². The fourth-order valence-electron chi connectivity index (χ4n) is 1.83. The number of hydrogen-bond acceptors (Lipinski definition) is 5. The second-order valence-electron chi connectivity index (χ2n) is 5.71. The predicted octanol–water partition coefficient (Wildman–Crippen LogP) is 2.11. The highest BCUT2D eigenvalue weighted by atomic mass is 32.2. The summed E-state index contributed by atoms with van der Waals surface area (Å²) in [5.41, 5.74) is -2.29. The average molecular weight is 315 g/mol.